The lowest BCUT2D eigenvalue weighted by Gasteiger charge is -2.25. The molecule has 0 aliphatic heterocycles. The summed E-state index contributed by atoms with van der Waals surface area (Å²) >= 11 is 0. The molecule has 0 heterocycles. The average molecular weight is 262 g/mol. The molecule has 0 radical (unpaired) electrons. The van der Waals surface area contributed by atoms with E-state index in [0.29, 0.717) is 25.6 Å². The third-order valence-corrected chi connectivity index (χ3v) is 4.09. The molecule has 6 heteroatoms. The van der Waals surface area contributed by atoms with E-state index in [9.17, 15) is 4.79 Å². The van der Waals surface area contributed by atoms with E-state index in [0.717, 1.165) is 0 Å². The zero-order valence-corrected chi connectivity index (χ0v) is 12.2. The zero-order valence-electron chi connectivity index (χ0n) is 11.2. The van der Waals surface area contributed by atoms with Crippen LogP contribution < -0.4 is 0 Å². The molecule has 0 saturated carbocycles. The minimum Gasteiger partial charge on any atom is -0.505 e. The lowest BCUT2D eigenvalue weighted by atomic mass is 10.5. The first kappa shape index (κ1) is 16.1. The first-order valence-corrected chi connectivity index (χ1v) is 8.01. The van der Waals surface area contributed by atoms with Crippen LogP contribution in [-0.2, 0) is 22.8 Å². The molecule has 17 heavy (non-hydrogen) atoms. The predicted octanol–water partition coefficient (Wildman–Crippen LogP) is 2.11. The minimum absolute atomic E-state index is 0.341. The second kappa shape index (κ2) is 8.27. The van der Waals surface area contributed by atoms with Gasteiger partial charge in [-0.15, -0.1) is 0 Å². The van der Waals surface area contributed by atoms with Gasteiger partial charge in [-0.25, -0.2) is 4.79 Å². The molecular weight excluding hydrogens is 240 g/mol. The molecule has 0 aromatic rings. The third-order valence-electron chi connectivity index (χ3n) is 1.77. The van der Waals surface area contributed by atoms with Crippen LogP contribution in [0.4, 0.5) is 0 Å². The average Bonchev–Trinajstić information content (AvgIpc) is 2.17. The first-order chi connectivity index (χ1) is 7.97. The van der Waals surface area contributed by atoms with Crippen LogP contribution in [0.25, 0.3) is 0 Å². The maximum atomic E-state index is 11.2. The first-order valence-electron chi connectivity index (χ1n) is 5.79. The molecule has 0 aromatic carbocycles. The molecule has 0 atom stereocenters. The number of carbonyl (C=O) groups excluding carboxylic acids is 1. The van der Waals surface area contributed by atoms with E-state index in [1.54, 1.807) is 20.4 Å². The largest absolute Gasteiger partial charge is 0.562 e. The van der Waals surface area contributed by atoms with E-state index >= 15 is 0 Å². The molecule has 0 aromatic heterocycles. The van der Waals surface area contributed by atoms with Crippen LogP contribution in [-0.4, -0.2) is 34.6 Å². The predicted molar refractivity (Wildman–Crippen MR) is 66.3 cm³/mol. The number of allylic oxidation sites excluding steroid dienone is 1. The van der Waals surface area contributed by atoms with Gasteiger partial charge < -0.3 is 18.0 Å². The van der Waals surface area contributed by atoms with Crippen molar-refractivity contribution in [2.75, 3.05) is 19.8 Å². The van der Waals surface area contributed by atoms with Crippen molar-refractivity contribution in [1.29, 1.82) is 0 Å². The normalized spacial score (nSPS) is 12.4. The van der Waals surface area contributed by atoms with E-state index in [2.05, 4.69) is 0 Å². The highest BCUT2D eigenvalue weighted by Crippen LogP contribution is 2.14. The van der Waals surface area contributed by atoms with Crippen molar-refractivity contribution in [2.24, 2.45) is 0 Å². The summed E-state index contributed by atoms with van der Waals surface area (Å²) in [6.45, 7) is 10.3. The van der Waals surface area contributed by atoms with E-state index in [1.165, 1.54) is 6.08 Å². The van der Waals surface area contributed by atoms with Gasteiger partial charge in [0.15, 0.2) is 0 Å². The van der Waals surface area contributed by atoms with Crippen LogP contribution in [0.15, 0.2) is 11.8 Å². The van der Waals surface area contributed by atoms with Crippen molar-refractivity contribution in [3.8, 4) is 0 Å². The van der Waals surface area contributed by atoms with Crippen LogP contribution in [0.5, 0.6) is 0 Å². The van der Waals surface area contributed by atoms with Crippen molar-refractivity contribution in [3.63, 3.8) is 0 Å². The molecule has 0 aliphatic rings. The Hall–Kier alpha value is -0.853. The van der Waals surface area contributed by atoms with Crippen LogP contribution in [0, 0.1) is 0 Å². The smallest absolute Gasteiger partial charge is 0.505 e. The fourth-order valence-electron chi connectivity index (χ4n) is 1.30. The van der Waals surface area contributed by atoms with Gasteiger partial charge in [-0.3, -0.25) is 0 Å². The van der Waals surface area contributed by atoms with E-state index in [4.69, 9.17) is 18.0 Å². The highest BCUT2D eigenvalue weighted by atomic mass is 28.4. The Balaban J connectivity index is 4.48. The molecule has 0 N–H and O–H groups in total. The quantitative estimate of drug-likeness (QED) is 0.290. The topological polar surface area (TPSA) is 54.0 Å². The highest BCUT2D eigenvalue weighted by molar-refractivity contribution is 6.59. The monoisotopic (exact) mass is 262 g/mol. The van der Waals surface area contributed by atoms with E-state index in [1.807, 2.05) is 13.8 Å². The van der Waals surface area contributed by atoms with Gasteiger partial charge in [-0.05, 0) is 27.7 Å². The van der Waals surface area contributed by atoms with Crippen molar-refractivity contribution in [2.45, 2.75) is 34.2 Å². The molecular formula is C11H22O5Si. The Bertz CT molecular complexity index is 259. The van der Waals surface area contributed by atoms with Crippen LogP contribution >= 0.6 is 0 Å². The van der Waals surface area contributed by atoms with Crippen LogP contribution in [0.2, 0.25) is 6.55 Å². The van der Waals surface area contributed by atoms with E-state index in [-0.39, 0.29) is 0 Å². The maximum Gasteiger partial charge on any atom is 0.562 e. The van der Waals surface area contributed by atoms with Crippen LogP contribution in [0.1, 0.15) is 27.7 Å². The molecule has 5 nitrogen and oxygen atoms in total. The Morgan fingerprint density at radius 1 is 1.12 bits per heavy atom. The van der Waals surface area contributed by atoms with Gasteiger partial charge in [0.1, 0.15) is 0 Å². The maximum absolute atomic E-state index is 11.2. The number of esters is 1. The number of hydrogen-bond acceptors (Lipinski definition) is 5. The van der Waals surface area contributed by atoms with Gasteiger partial charge in [0.25, 0.3) is 0 Å². The summed E-state index contributed by atoms with van der Waals surface area (Å²) in [5.74, 6) is 0.0221. The molecule has 0 unspecified atom stereocenters. The zero-order chi connectivity index (χ0) is 13.3. The molecule has 0 rings (SSSR count). The van der Waals surface area contributed by atoms with Gasteiger partial charge in [-0.1, -0.05) is 0 Å². The standard InChI is InChI=1S/C11H22O5Si/c1-6-13-11(12)9-10(4)16-17(5,14-7-2)15-8-3/h9H,6-8H2,1-5H3. The van der Waals surface area contributed by atoms with Gasteiger partial charge in [0.05, 0.1) is 18.4 Å². The summed E-state index contributed by atoms with van der Waals surface area (Å²) < 4.78 is 21.3. The number of carbonyl (C=O) groups is 1. The molecule has 100 valence electrons. The second-order valence-corrected chi connectivity index (χ2v) is 5.84. The Morgan fingerprint density at radius 2 is 1.65 bits per heavy atom. The van der Waals surface area contributed by atoms with Crippen molar-refractivity contribution >= 4 is 14.8 Å². The molecule has 0 bridgehead atoms. The Labute approximate surface area is 104 Å². The molecule has 0 aliphatic carbocycles. The summed E-state index contributed by atoms with van der Waals surface area (Å²) in [6, 6.07) is 0. The fourth-order valence-corrected chi connectivity index (χ4v) is 3.19. The van der Waals surface area contributed by atoms with Crippen molar-refractivity contribution in [1.82, 2.24) is 0 Å². The number of hydrogen-bond donors (Lipinski definition) is 0. The van der Waals surface area contributed by atoms with E-state index < -0.39 is 14.8 Å². The molecule has 0 spiro atoms. The number of ether oxygens (including phenoxy) is 1. The van der Waals surface area contributed by atoms with Crippen molar-refractivity contribution < 1.29 is 22.8 Å². The summed E-state index contributed by atoms with van der Waals surface area (Å²) in [6.07, 6.45) is 1.30. The minimum atomic E-state index is -2.68. The summed E-state index contributed by atoms with van der Waals surface area (Å²) in [7, 11) is -2.68. The summed E-state index contributed by atoms with van der Waals surface area (Å²) in [5.41, 5.74) is 0. The molecule has 0 saturated heterocycles. The van der Waals surface area contributed by atoms with Gasteiger partial charge in [0, 0.05) is 19.8 Å². The molecule has 0 amide bonds. The van der Waals surface area contributed by atoms with Crippen LogP contribution in [0.3, 0.4) is 0 Å². The fraction of sp³-hybridized carbons (Fsp3) is 0.727. The Kier molecular flexibility index (Phi) is 7.85. The Morgan fingerprint density at radius 3 is 2.06 bits per heavy atom. The second-order valence-electron chi connectivity index (χ2n) is 3.34. The summed E-state index contributed by atoms with van der Waals surface area (Å²) in [4.78, 5) is 11.2. The van der Waals surface area contributed by atoms with Crippen molar-refractivity contribution in [3.05, 3.63) is 11.8 Å². The van der Waals surface area contributed by atoms with Gasteiger partial charge in [0.2, 0.25) is 0 Å². The molecule has 0 fully saturated rings. The number of rotatable bonds is 8. The highest BCUT2D eigenvalue weighted by Gasteiger charge is 2.36. The third kappa shape index (κ3) is 7.14. The lowest BCUT2D eigenvalue weighted by Crippen LogP contribution is -2.42. The SMILES string of the molecule is CCOC(=O)C=C(C)O[Si](C)(OCC)OCC. The van der Waals surface area contributed by atoms with Gasteiger partial charge in [-0.2, -0.15) is 0 Å². The summed E-state index contributed by atoms with van der Waals surface area (Å²) in [5, 5.41) is 0. The lowest BCUT2D eigenvalue weighted by molar-refractivity contribution is -0.137. The van der Waals surface area contributed by atoms with Gasteiger partial charge >= 0.3 is 14.8 Å².